The molecule has 0 aromatic heterocycles. The number of amides is 1. The van der Waals surface area contributed by atoms with Crippen molar-refractivity contribution in [2.75, 3.05) is 66.1 Å². The van der Waals surface area contributed by atoms with Crippen LogP contribution in [-0.4, -0.2) is 99.8 Å². The molecule has 0 aliphatic carbocycles. The molecule has 1 amide bonds. The van der Waals surface area contributed by atoms with Gasteiger partial charge in [-0.2, -0.15) is 0 Å². The summed E-state index contributed by atoms with van der Waals surface area (Å²) in [4.78, 5) is 53.8. The van der Waals surface area contributed by atoms with Gasteiger partial charge in [0.2, 0.25) is 5.91 Å². The molecule has 0 saturated carbocycles. The zero-order valence-corrected chi connectivity index (χ0v) is 39.2. The number of nitrogens with one attached hydrogen (secondary N) is 1. The number of rotatable bonds is 46. The van der Waals surface area contributed by atoms with Gasteiger partial charge in [0, 0.05) is 32.5 Å². The zero-order chi connectivity index (χ0) is 43.3. The van der Waals surface area contributed by atoms with Gasteiger partial charge in [0.25, 0.3) is 0 Å². The molecular formula is C49H95N3O7. The van der Waals surface area contributed by atoms with Crippen molar-refractivity contribution in [1.82, 2.24) is 15.1 Å². The van der Waals surface area contributed by atoms with Gasteiger partial charge in [-0.15, -0.1) is 0 Å². The molecule has 1 N–H and O–H groups in total. The van der Waals surface area contributed by atoms with Crippen molar-refractivity contribution in [3.8, 4) is 0 Å². The van der Waals surface area contributed by atoms with Gasteiger partial charge < -0.3 is 29.3 Å². The highest BCUT2D eigenvalue weighted by molar-refractivity contribution is 5.75. The lowest BCUT2D eigenvalue weighted by Crippen LogP contribution is -2.33. The first kappa shape index (κ1) is 56.8. The third-order valence-corrected chi connectivity index (χ3v) is 11.1. The maximum atomic E-state index is 12.5. The first-order valence-corrected chi connectivity index (χ1v) is 25.0. The average molecular weight is 838 g/mol. The Morgan fingerprint density at radius 2 is 0.729 bits per heavy atom. The predicted octanol–water partition coefficient (Wildman–Crippen LogP) is 11.5. The average Bonchev–Trinajstić information content (AvgIpc) is 3.22. The monoisotopic (exact) mass is 838 g/mol. The normalized spacial score (nSPS) is 11.4. The SMILES string of the molecule is CCCCCCCCCCCCOC(=O)CCCCCCC(=O)NCCCN(C)CCCN(CCC(=O)OCCCCCCCC)CCC(=O)OCCCCCCCC. The van der Waals surface area contributed by atoms with Gasteiger partial charge in [-0.05, 0) is 71.6 Å². The molecule has 0 aromatic carbocycles. The molecule has 0 spiro atoms. The number of ether oxygens (including phenoxy) is 3. The van der Waals surface area contributed by atoms with E-state index in [9.17, 15) is 19.2 Å². The van der Waals surface area contributed by atoms with Gasteiger partial charge in [-0.1, -0.05) is 156 Å². The molecule has 0 rings (SSSR count). The molecule has 0 aliphatic rings. The summed E-state index contributed by atoms with van der Waals surface area (Å²) in [5, 5.41) is 3.05. The van der Waals surface area contributed by atoms with Crippen LogP contribution in [0.2, 0.25) is 0 Å². The van der Waals surface area contributed by atoms with Crippen molar-refractivity contribution in [2.45, 2.75) is 226 Å². The molecule has 10 nitrogen and oxygen atoms in total. The second-order valence-electron chi connectivity index (χ2n) is 17.0. The molecule has 10 heteroatoms. The van der Waals surface area contributed by atoms with Crippen molar-refractivity contribution in [3.05, 3.63) is 0 Å². The van der Waals surface area contributed by atoms with E-state index in [-0.39, 0.29) is 23.8 Å². The third-order valence-electron chi connectivity index (χ3n) is 11.1. The Morgan fingerprint density at radius 1 is 0.373 bits per heavy atom. The molecule has 0 aromatic rings. The summed E-state index contributed by atoms with van der Waals surface area (Å²) in [6, 6.07) is 0. The van der Waals surface area contributed by atoms with Crippen molar-refractivity contribution in [2.24, 2.45) is 0 Å². The summed E-state index contributed by atoms with van der Waals surface area (Å²) in [5.41, 5.74) is 0. The number of nitrogens with zero attached hydrogens (tertiary/aromatic N) is 2. The van der Waals surface area contributed by atoms with E-state index in [1.54, 1.807) is 0 Å². The van der Waals surface area contributed by atoms with Gasteiger partial charge in [-0.25, -0.2) is 0 Å². The van der Waals surface area contributed by atoms with Crippen LogP contribution in [0.3, 0.4) is 0 Å². The molecule has 0 unspecified atom stereocenters. The Bertz CT molecular complexity index is 932. The molecule has 0 aliphatic heterocycles. The van der Waals surface area contributed by atoms with Gasteiger partial charge in [0.15, 0.2) is 0 Å². The fourth-order valence-electron chi connectivity index (χ4n) is 7.21. The minimum atomic E-state index is -0.166. The molecule has 0 saturated heterocycles. The van der Waals surface area contributed by atoms with E-state index in [0.717, 1.165) is 96.7 Å². The van der Waals surface area contributed by atoms with Crippen LogP contribution in [0.15, 0.2) is 0 Å². The molecule has 348 valence electrons. The number of hydrogen-bond acceptors (Lipinski definition) is 9. The van der Waals surface area contributed by atoms with Crippen LogP contribution in [-0.2, 0) is 33.4 Å². The fraction of sp³-hybridized carbons (Fsp3) is 0.918. The number of unbranched alkanes of at least 4 members (excludes halogenated alkanes) is 22. The molecule has 0 atom stereocenters. The van der Waals surface area contributed by atoms with Crippen molar-refractivity contribution in [3.63, 3.8) is 0 Å². The van der Waals surface area contributed by atoms with Gasteiger partial charge in [0.1, 0.15) is 0 Å². The number of carbonyl (C=O) groups is 4. The Balaban J connectivity index is 4.13. The highest BCUT2D eigenvalue weighted by Gasteiger charge is 2.13. The minimum Gasteiger partial charge on any atom is -0.466 e. The quantitative estimate of drug-likeness (QED) is 0.0363. The van der Waals surface area contributed by atoms with Crippen molar-refractivity contribution >= 4 is 23.8 Å². The maximum Gasteiger partial charge on any atom is 0.307 e. The first-order chi connectivity index (χ1) is 28.8. The Hall–Kier alpha value is -2.20. The lowest BCUT2D eigenvalue weighted by atomic mass is 10.1. The molecule has 0 bridgehead atoms. The summed E-state index contributed by atoms with van der Waals surface area (Å²) >= 11 is 0. The van der Waals surface area contributed by atoms with E-state index >= 15 is 0 Å². The zero-order valence-electron chi connectivity index (χ0n) is 39.2. The van der Waals surface area contributed by atoms with Gasteiger partial charge in [0.05, 0.1) is 32.7 Å². The van der Waals surface area contributed by atoms with E-state index in [1.165, 1.54) is 103 Å². The van der Waals surface area contributed by atoms with Crippen molar-refractivity contribution in [1.29, 1.82) is 0 Å². The summed E-state index contributed by atoms with van der Waals surface area (Å²) in [6.07, 6.45) is 33.6. The number of hydrogen-bond donors (Lipinski definition) is 1. The van der Waals surface area contributed by atoms with Crippen LogP contribution < -0.4 is 5.32 Å². The van der Waals surface area contributed by atoms with Gasteiger partial charge >= 0.3 is 17.9 Å². The summed E-state index contributed by atoms with van der Waals surface area (Å²) in [6.45, 7) is 12.5. The van der Waals surface area contributed by atoms with E-state index in [4.69, 9.17) is 14.2 Å². The first-order valence-electron chi connectivity index (χ1n) is 25.0. The lowest BCUT2D eigenvalue weighted by Gasteiger charge is -2.23. The van der Waals surface area contributed by atoms with Crippen LogP contribution in [0, 0.1) is 0 Å². The van der Waals surface area contributed by atoms with Crippen LogP contribution in [0.5, 0.6) is 0 Å². The van der Waals surface area contributed by atoms with Crippen molar-refractivity contribution < 1.29 is 33.4 Å². The highest BCUT2D eigenvalue weighted by atomic mass is 16.5. The summed E-state index contributed by atoms with van der Waals surface area (Å²) in [7, 11) is 2.10. The topological polar surface area (TPSA) is 114 Å². The third kappa shape index (κ3) is 43.7. The summed E-state index contributed by atoms with van der Waals surface area (Å²) < 4.78 is 16.4. The Labute approximate surface area is 363 Å². The van der Waals surface area contributed by atoms with Crippen LogP contribution in [0.4, 0.5) is 0 Å². The summed E-state index contributed by atoms with van der Waals surface area (Å²) in [5.74, 6) is -0.330. The van der Waals surface area contributed by atoms with E-state index in [1.807, 2.05) is 0 Å². The van der Waals surface area contributed by atoms with Crippen LogP contribution >= 0.6 is 0 Å². The second-order valence-corrected chi connectivity index (χ2v) is 17.0. The van der Waals surface area contributed by atoms with Crippen LogP contribution in [0.25, 0.3) is 0 Å². The van der Waals surface area contributed by atoms with E-state index in [0.29, 0.717) is 65.1 Å². The smallest absolute Gasteiger partial charge is 0.307 e. The molecule has 0 fully saturated rings. The fourth-order valence-corrected chi connectivity index (χ4v) is 7.21. The second kappa shape index (κ2) is 45.3. The number of carbonyl (C=O) groups excluding carboxylic acids is 4. The Morgan fingerprint density at radius 3 is 1.17 bits per heavy atom. The van der Waals surface area contributed by atoms with E-state index < -0.39 is 0 Å². The van der Waals surface area contributed by atoms with E-state index in [2.05, 4.69) is 42.9 Å². The van der Waals surface area contributed by atoms with Crippen LogP contribution in [0.1, 0.15) is 226 Å². The Kier molecular flexibility index (Phi) is 43.6. The largest absolute Gasteiger partial charge is 0.466 e. The minimum absolute atomic E-state index is 0.0900. The van der Waals surface area contributed by atoms with Gasteiger partial charge in [-0.3, -0.25) is 19.2 Å². The molecular weight excluding hydrogens is 743 g/mol. The molecule has 0 radical (unpaired) electrons. The standard InChI is InChI=1S/C49H95N3O7/c1-5-8-11-14-17-18-19-20-25-30-43-57-47(54)34-27-22-21-26-33-46(53)50-37-31-38-51(4)39-32-40-52(41-35-48(55)58-44-28-23-15-12-9-6-2)42-36-49(56)59-45-29-24-16-13-10-7-3/h5-45H2,1-4H3,(H,50,53). The highest BCUT2D eigenvalue weighted by Crippen LogP contribution is 2.12. The molecule has 59 heavy (non-hydrogen) atoms. The predicted molar refractivity (Wildman–Crippen MR) is 245 cm³/mol. The lowest BCUT2D eigenvalue weighted by molar-refractivity contribution is -0.145. The number of esters is 3. The molecule has 0 heterocycles. The maximum absolute atomic E-state index is 12.5.